The van der Waals surface area contributed by atoms with Crippen LogP contribution in [0.15, 0.2) is 10.7 Å². The topological polar surface area (TPSA) is 33.4 Å². The molecule has 78 valence electrons. The lowest BCUT2D eigenvalue weighted by atomic mass is 9.85. The van der Waals surface area contributed by atoms with Crippen LogP contribution in [0.3, 0.4) is 0 Å². The molecular formula is C10H12F2O2. The molecule has 0 unspecified atom stereocenters. The first-order chi connectivity index (χ1) is 6.59. The Kier molecular flexibility index (Phi) is 2.31. The van der Waals surface area contributed by atoms with Crippen molar-refractivity contribution in [1.29, 1.82) is 0 Å². The van der Waals surface area contributed by atoms with Crippen molar-refractivity contribution in [3.05, 3.63) is 23.2 Å². The average molecular weight is 202 g/mol. The fourth-order valence-corrected chi connectivity index (χ4v) is 2.03. The minimum atomic E-state index is -2.39. The van der Waals surface area contributed by atoms with Crippen LogP contribution in [0.1, 0.15) is 29.4 Å². The fourth-order valence-electron chi connectivity index (χ4n) is 2.03. The normalized spacial score (nSPS) is 26.6. The quantitative estimate of drug-likeness (QED) is 0.758. The Morgan fingerprint density at radius 3 is 2.93 bits per heavy atom. The number of halogens is 2. The van der Waals surface area contributed by atoms with Crippen LogP contribution in [-0.2, 0) is 6.42 Å². The smallest absolute Gasteiger partial charge is 0.241 e. The standard InChI is InChI=1S/C10H12F2O2/c1-5-4-14-8-3-6(10(11)12)2-7(13)9(5)8/h4,6-7,10,13H,2-3H2,1H3/t6-,7-/m0/s1. The van der Waals surface area contributed by atoms with Gasteiger partial charge < -0.3 is 9.52 Å². The minimum Gasteiger partial charge on any atom is -0.469 e. The molecule has 1 aliphatic rings. The van der Waals surface area contributed by atoms with Crippen molar-refractivity contribution in [3.8, 4) is 0 Å². The number of furan rings is 1. The Balaban J connectivity index is 2.30. The number of aliphatic hydroxyl groups is 1. The summed E-state index contributed by atoms with van der Waals surface area (Å²) in [5, 5.41) is 9.66. The molecule has 0 saturated carbocycles. The van der Waals surface area contributed by atoms with Crippen LogP contribution in [0.25, 0.3) is 0 Å². The predicted octanol–water partition coefficient (Wildman–Crippen LogP) is 2.45. The monoisotopic (exact) mass is 202 g/mol. The van der Waals surface area contributed by atoms with Gasteiger partial charge in [0.25, 0.3) is 0 Å². The third kappa shape index (κ3) is 1.43. The summed E-state index contributed by atoms with van der Waals surface area (Å²) in [6.07, 6.45) is -1.30. The van der Waals surface area contributed by atoms with Gasteiger partial charge in [-0.3, -0.25) is 0 Å². The zero-order valence-corrected chi connectivity index (χ0v) is 7.84. The number of hydrogen-bond acceptors (Lipinski definition) is 2. The maximum atomic E-state index is 12.4. The lowest BCUT2D eigenvalue weighted by molar-refractivity contribution is 0.0261. The van der Waals surface area contributed by atoms with Gasteiger partial charge in [-0.15, -0.1) is 0 Å². The molecule has 1 aliphatic carbocycles. The lowest BCUT2D eigenvalue weighted by Crippen LogP contribution is -2.23. The van der Waals surface area contributed by atoms with Crippen molar-refractivity contribution >= 4 is 0 Å². The third-order valence-corrected chi connectivity index (χ3v) is 2.77. The van der Waals surface area contributed by atoms with Crippen LogP contribution in [0.2, 0.25) is 0 Å². The summed E-state index contributed by atoms with van der Waals surface area (Å²) in [5.74, 6) is -0.255. The number of hydrogen-bond donors (Lipinski definition) is 1. The molecule has 4 heteroatoms. The Hall–Kier alpha value is -0.900. The minimum absolute atomic E-state index is 0.130. The summed E-state index contributed by atoms with van der Waals surface area (Å²) in [6, 6.07) is 0. The van der Waals surface area contributed by atoms with Gasteiger partial charge in [-0.2, -0.15) is 0 Å². The molecule has 0 fully saturated rings. The first kappa shape index (κ1) is 9.65. The first-order valence-electron chi connectivity index (χ1n) is 4.62. The van der Waals surface area contributed by atoms with Crippen molar-refractivity contribution in [3.63, 3.8) is 0 Å². The molecule has 0 radical (unpaired) electrons. The van der Waals surface area contributed by atoms with Crippen LogP contribution in [0.5, 0.6) is 0 Å². The highest BCUT2D eigenvalue weighted by atomic mass is 19.3. The second-order valence-corrected chi connectivity index (χ2v) is 3.81. The molecule has 1 N–H and O–H groups in total. The van der Waals surface area contributed by atoms with E-state index in [4.69, 9.17) is 4.42 Å². The molecule has 1 aromatic heterocycles. The summed E-state index contributed by atoms with van der Waals surface area (Å²) in [7, 11) is 0. The molecule has 0 aromatic carbocycles. The van der Waals surface area contributed by atoms with Crippen molar-refractivity contribution in [2.75, 3.05) is 0 Å². The van der Waals surface area contributed by atoms with Gasteiger partial charge in [-0.25, -0.2) is 8.78 Å². The molecule has 2 nitrogen and oxygen atoms in total. The molecule has 0 saturated heterocycles. The zero-order valence-electron chi connectivity index (χ0n) is 7.84. The molecule has 1 heterocycles. The van der Waals surface area contributed by atoms with Gasteiger partial charge >= 0.3 is 0 Å². The van der Waals surface area contributed by atoms with Gasteiger partial charge in [0.1, 0.15) is 5.76 Å². The lowest BCUT2D eigenvalue weighted by Gasteiger charge is -2.25. The van der Waals surface area contributed by atoms with E-state index < -0.39 is 18.4 Å². The highest BCUT2D eigenvalue weighted by Gasteiger charge is 2.34. The van der Waals surface area contributed by atoms with Crippen LogP contribution in [-0.4, -0.2) is 11.5 Å². The summed E-state index contributed by atoms with van der Waals surface area (Å²) < 4.78 is 30.0. The van der Waals surface area contributed by atoms with Gasteiger partial charge in [0.05, 0.1) is 12.4 Å². The fraction of sp³-hybridized carbons (Fsp3) is 0.600. The summed E-state index contributed by atoms with van der Waals surface area (Å²) in [5.41, 5.74) is 1.56. The Morgan fingerprint density at radius 1 is 1.57 bits per heavy atom. The number of fused-ring (bicyclic) bond motifs is 1. The van der Waals surface area contributed by atoms with Crippen molar-refractivity contribution in [2.24, 2.45) is 5.92 Å². The van der Waals surface area contributed by atoms with E-state index in [2.05, 4.69) is 0 Å². The van der Waals surface area contributed by atoms with E-state index in [1.807, 2.05) is 6.92 Å². The Morgan fingerprint density at radius 2 is 2.29 bits per heavy atom. The summed E-state index contributed by atoms with van der Waals surface area (Å²) >= 11 is 0. The van der Waals surface area contributed by atoms with Crippen LogP contribution in [0, 0.1) is 12.8 Å². The molecule has 1 aromatic rings. The van der Waals surface area contributed by atoms with E-state index >= 15 is 0 Å². The van der Waals surface area contributed by atoms with Crippen LogP contribution >= 0.6 is 0 Å². The van der Waals surface area contributed by atoms with Crippen molar-refractivity contribution in [1.82, 2.24) is 0 Å². The highest BCUT2D eigenvalue weighted by Crippen LogP contribution is 2.38. The zero-order chi connectivity index (χ0) is 10.3. The van der Waals surface area contributed by atoms with Gasteiger partial charge in [0.15, 0.2) is 0 Å². The van der Waals surface area contributed by atoms with E-state index in [0.717, 1.165) is 5.56 Å². The maximum Gasteiger partial charge on any atom is 0.241 e. The number of rotatable bonds is 1. The molecule has 0 bridgehead atoms. The van der Waals surface area contributed by atoms with Crippen LogP contribution < -0.4 is 0 Å². The molecule has 0 amide bonds. The van der Waals surface area contributed by atoms with Gasteiger partial charge in [0, 0.05) is 17.9 Å². The predicted molar refractivity (Wildman–Crippen MR) is 46.2 cm³/mol. The van der Waals surface area contributed by atoms with Gasteiger partial charge in [0.2, 0.25) is 6.43 Å². The Labute approximate surface area is 80.5 Å². The molecule has 14 heavy (non-hydrogen) atoms. The SMILES string of the molecule is Cc1coc2c1[C@@H](O)C[C@H](C(F)F)C2. The largest absolute Gasteiger partial charge is 0.469 e. The van der Waals surface area contributed by atoms with Gasteiger partial charge in [-0.05, 0) is 18.9 Å². The van der Waals surface area contributed by atoms with E-state index in [1.54, 1.807) is 0 Å². The van der Waals surface area contributed by atoms with Crippen LogP contribution in [0.4, 0.5) is 8.78 Å². The average Bonchev–Trinajstić information content (AvgIpc) is 2.48. The summed E-state index contributed by atoms with van der Waals surface area (Å²) in [4.78, 5) is 0. The molecular weight excluding hydrogens is 190 g/mol. The van der Waals surface area contributed by atoms with E-state index in [-0.39, 0.29) is 12.8 Å². The second kappa shape index (κ2) is 3.35. The second-order valence-electron chi connectivity index (χ2n) is 3.81. The third-order valence-electron chi connectivity index (χ3n) is 2.77. The molecule has 0 spiro atoms. The maximum absolute atomic E-state index is 12.4. The highest BCUT2D eigenvalue weighted by molar-refractivity contribution is 5.31. The van der Waals surface area contributed by atoms with Crippen molar-refractivity contribution in [2.45, 2.75) is 32.3 Å². The van der Waals surface area contributed by atoms with E-state index in [1.165, 1.54) is 6.26 Å². The molecule has 2 atom stereocenters. The number of aliphatic hydroxyl groups excluding tert-OH is 1. The molecule has 2 rings (SSSR count). The van der Waals surface area contributed by atoms with Gasteiger partial charge in [-0.1, -0.05) is 0 Å². The number of alkyl halides is 2. The van der Waals surface area contributed by atoms with E-state index in [9.17, 15) is 13.9 Å². The number of aryl methyl sites for hydroxylation is 1. The van der Waals surface area contributed by atoms with Crippen molar-refractivity contribution < 1.29 is 18.3 Å². The first-order valence-corrected chi connectivity index (χ1v) is 4.62. The van der Waals surface area contributed by atoms with E-state index in [0.29, 0.717) is 11.3 Å². The summed E-state index contributed by atoms with van der Waals surface area (Å²) in [6.45, 7) is 1.81. The molecule has 0 aliphatic heterocycles. The Bertz CT molecular complexity index is 333.